The molecule has 6 heteroatoms. The lowest BCUT2D eigenvalue weighted by Crippen LogP contribution is -2.04. The largest absolute Gasteiger partial charge is 0.207 e. The van der Waals surface area contributed by atoms with Crippen LogP contribution in [0, 0.1) is 12.7 Å². The van der Waals surface area contributed by atoms with Crippen LogP contribution in [0.25, 0.3) is 11.4 Å². The number of halogens is 2. The third-order valence-corrected chi connectivity index (χ3v) is 3.91. The molecule has 4 nitrogen and oxygen atoms in total. The van der Waals surface area contributed by atoms with Crippen LogP contribution in [0.15, 0.2) is 46.9 Å². The van der Waals surface area contributed by atoms with Crippen molar-refractivity contribution in [3.8, 4) is 11.4 Å². The van der Waals surface area contributed by atoms with E-state index in [2.05, 4.69) is 31.3 Å². The van der Waals surface area contributed by atoms with Gasteiger partial charge in [0.1, 0.15) is 5.82 Å². The summed E-state index contributed by atoms with van der Waals surface area (Å²) < 4.78 is 14.3. The van der Waals surface area contributed by atoms with Gasteiger partial charge in [-0.05, 0) is 47.5 Å². The van der Waals surface area contributed by atoms with Crippen LogP contribution in [0.5, 0.6) is 0 Å². The highest BCUT2D eigenvalue weighted by Crippen LogP contribution is 2.19. The van der Waals surface area contributed by atoms with Crippen molar-refractivity contribution in [3.05, 3.63) is 63.9 Å². The zero-order chi connectivity index (χ0) is 14.8. The van der Waals surface area contributed by atoms with E-state index in [9.17, 15) is 4.39 Å². The molecule has 0 aliphatic heterocycles. The maximum absolute atomic E-state index is 13.3. The van der Waals surface area contributed by atoms with Crippen LogP contribution < -0.4 is 0 Å². The fourth-order valence-corrected chi connectivity index (χ4v) is 2.40. The molecule has 0 aliphatic rings. The Labute approximate surface area is 129 Å². The number of nitrogens with zero attached hydrogens (tertiary/aromatic N) is 4. The van der Waals surface area contributed by atoms with Crippen molar-refractivity contribution < 1.29 is 4.39 Å². The van der Waals surface area contributed by atoms with Gasteiger partial charge in [0.05, 0.1) is 6.54 Å². The van der Waals surface area contributed by atoms with Gasteiger partial charge >= 0.3 is 0 Å². The predicted molar refractivity (Wildman–Crippen MR) is 81.2 cm³/mol. The first-order valence-corrected chi connectivity index (χ1v) is 7.20. The zero-order valence-electron chi connectivity index (χ0n) is 11.3. The van der Waals surface area contributed by atoms with Gasteiger partial charge in [0.25, 0.3) is 0 Å². The summed E-state index contributed by atoms with van der Waals surface area (Å²) in [5.41, 5.74) is 2.39. The summed E-state index contributed by atoms with van der Waals surface area (Å²) in [6.45, 7) is 2.24. The van der Waals surface area contributed by atoms with Crippen molar-refractivity contribution in [1.82, 2.24) is 20.2 Å². The molecule has 0 amide bonds. The molecule has 0 N–H and O–H groups in total. The number of hydrogen-bond acceptors (Lipinski definition) is 3. The topological polar surface area (TPSA) is 43.6 Å². The molecule has 0 bridgehead atoms. The molecule has 3 aromatic rings. The summed E-state index contributed by atoms with van der Waals surface area (Å²) in [4.78, 5) is 1.52. The average molecular weight is 347 g/mol. The summed E-state index contributed by atoms with van der Waals surface area (Å²) in [7, 11) is 0. The minimum absolute atomic E-state index is 0.237. The van der Waals surface area contributed by atoms with Gasteiger partial charge in [0.2, 0.25) is 5.82 Å². The molecule has 0 radical (unpaired) electrons. The van der Waals surface area contributed by atoms with Crippen LogP contribution in [0.4, 0.5) is 4.39 Å². The molecule has 21 heavy (non-hydrogen) atoms. The number of rotatable bonds is 3. The molecule has 0 fully saturated rings. The van der Waals surface area contributed by atoms with E-state index < -0.39 is 0 Å². The van der Waals surface area contributed by atoms with Crippen molar-refractivity contribution in [3.63, 3.8) is 0 Å². The van der Waals surface area contributed by atoms with Crippen molar-refractivity contribution in [2.45, 2.75) is 13.5 Å². The van der Waals surface area contributed by atoms with Crippen molar-refractivity contribution in [2.75, 3.05) is 0 Å². The molecule has 2 aromatic carbocycles. The predicted octanol–water partition coefficient (Wildman–Crippen LogP) is 3.60. The molecule has 0 spiro atoms. The van der Waals surface area contributed by atoms with Gasteiger partial charge < -0.3 is 0 Å². The first-order chi connectivity index (χ1) is 10.1. The lowest BCUT2D eigenvalue weighted by Gasteiger charge is -2.02. The van der Waals surface area contributed by atoms with E-state index in [1.165, 1.54) is 10.9 Å². The lowest BCUT2D eigenvalue weighted by atomic mass is 10.1. The molecule has 0 saturated carbocycles. The Morgan fingerprint density at radius 2 is 2.00 bits per heavy atom. The normalized spacial score (nSPS) is 10.8. The van der Waals surface area contributed by atoms with Crippen molar-refractivity contribution >= 4 is 15.9 Å². The Hall–Kier alpha value is -2.08. The van der Waals surface area contributed by atoms with E-state index in [0.717, 1.165) is 15.6 Å². The standard InChI is InChI=1S/C15H12BrFN4/c1-10-8-11(6-7-14(10)17)15-18-20-21(19-15)9-12-4-2-3-5-13(12)16/h2-8H,9H2,1H3. The quantitative estimate of drug-likeness (QED) is 0.727. The third kappa shape index (κ3) is 3.00. The van der Waals surface area contributed by atoms with Crippen LogP contribution in [0.1, 0.15) is 11.1 Å². The van der Waals surface area contributed by atoms with E-state index in [1.807, 2.05) is 24.3 Å². The Kier molecular flexibility index (Phi) is 3.79. The Balaban J connectivity index is 1.86. The van der Waals surface area contributed by atoms with E-state index >= 15 is 0 Å². The van der Waals surface area contributed by atoms with Crippen LogP contribution >= 0.6 is 15.9 Å². The van der Waals surface area contributed by atoms with E-state index in [1.54, 1.807) is 19.1 Å². The van der Waals surface area contributed by atoms with Gasteiger partial charge in [-0.3, -0.25) is 0 Å². The van der Waals surface area contributed by atoms with Gasteiger partial charge in [-0.25, -0.2) is 4.39 Å². The highest BCUT2D eigenvalue weighted by Gasteiger charge is 2.09. The van der Waals surface area contributed by atoms with Crippen LogP contribution in [0.3, 0.4) is 0 Å². The first kappa shape index (κ1) is 13.9. The molecule has 0 saturated heterocycles. The van der Waals surface area contributed by atoms with Crippen molar-refractivity contribution in [2.24, 2.45) is 0 Å². The molecule has 1 heterocycles. The van der Waals surface area contributed by atoms with E-state index in [-0.39, 0.29) is 5.82 Å². The van der Waals surface area contributed by atoms with Crippen LogP contribution in [0.2, 0.25) is 0 Å². The van der Waals surface area contributed by atoms with Gasteiger partial charge in [0.15, 0.2) is 0 Å². The van der Waals surface area contributed by atoms with Crippen LogP contribution in [-0.4, -0.2) is 20.2 Å². The second-order valence-electron chi connectivity index (χ2n) is 4.70. The molecule has 0 atom stereocenters. The number of aryl methyl sites for hydroxylation is 1. The highest BCUT2D eigenvalue weighted by atomic mass is 79.9. The smallest absolute Gasteiger partial charge is 0.204 e. The third-order valence-electron chi connectivity index (χ3n) is 3.14. The fraction of sp³-hybridized carbons (Fsp3) is 0.133. The summed E-state index contributed by atoms with van der Waals surface area (Å²) in [5.74, 6) is 0.254. The fourth-order valence-electron chi connectivity index (χ4n) is 1.99. The van der Waals surface area contributed by atoms with Gasteiger partial charge in [0, 0.05) is 10.0 Å². The maximum Gasteiger partial charge on any atom is 0.204 e. The second kappa shape index (κ2) is 5.73. The molecule has 3 rings (SSSR count). The minimum Gasteiger partial charge on any atom is -0.207 e. The molecule has 1 aromatic heterocycles. The number of benzene rings is 2. The molecular weight excluding hydrogens is 335 g/mol. The highest BCUT2D eigenvalue weighted by molar-refractivity contribution is 9.10. The maximum atomic E-state index is 13.3. The zero-order valence-corrected chi connectivity index (χ0v) is 12.9. The Morgan fingerprint density at radius 1 is 1.19 bits per heavy atom. The van der Waals surface area contributed by atoms with E-state index in [0.29, 0.717) is 17.9 Å². The molecule has 0 unspecified atom stereocenters. The van der Waals surface area contributed by atoms with Gasteiger partial charge in [-0.2, -0.15) is 4.80 Å². The SMILES string of the molecule is Cc1cc(-c2nnn(Cc3ccccc3Br)n2)ccc1F. The second-order valence-corrected chi connectivity index (χ2v) is 5.55. The lowest BCUT2D eigenvalue weighted by molar-refractivity contribution is 0.571. The number of hydrogen-bond donors (Lipinski definition) is 0. The first-order valence-electron chi connectivity index (χ1n) is 6.41. The molecule has 106 valence electrons. The molecule has 0 aliphatic carbocycles. The van der Waals surface area contributed by atoms with Crippen LogP contribution in [-0.2, 0) is 6.54 Å². The monoisotopic (exact) mass is 346 g/mol. The number of aromatic nitrogens is 4. The van der Waals surface area contributed by atoms with Gasteiger partial charge in [-0.15, -0.1) is 10.2 Å². The Morgan fingerprint density at radius 3 is 2.76 bits per heavy atom. The summed E-state index contributed by atoms with van der Waals surface area (Å²) in [6.07, 6.45) is 0. The number of tetrazole rings is 1. The molecular formula is C15H12BrFN4. The average Bonchev–Trinajstić information content (AvgIpc) is 2.93. The van der Waals surface area contributed by atoms with Gasteiger partial charge in [-0.1, -0.05) is 34.1 Å². The van der Waals surface area contributed by atoms with Crippen molar-refractivity contribution in [1.29, 1.82) is 0 Å². The minimum atomic E-state index is -0.237. The summed E-state index contributed by atoms with van der Waals surface area (Å²) in [5, 5.41) is 12.4. The Bertz CT molecular complexity index is 785. The summed E-state index contributed by atoms with van der Waals surface area (Å²) >= 11 is 3.49. The summed E-state index contributed by atoms with van der Waals surface area (Å²) in [6, 6.07) is 12.7. The van der Waals surface area contributed by atoms with E-state index in [4.69, 9.17) is 0 Å².